The van der Waals surface area contributed by atoms with E-state index in [0.29, 0.717) is 24.5 Å². The molecule has 0 aromatic carbocycles. The van der Waals surface area contributed by atoms with Crippen molar-refractivity contribution in [1.29, 1.82) is 0 Å². The molecule has 0 heterocycles. The molecule has 3 rings (SSSR count). The first-order valence-electron chi connectivity index (χ1n) is 15.6. The fourth-order valence-electron chi connectivity index (χ4n) is 8.47. The van der Waals surface area contributed by atoms with Gasteiger partial charge >= 0.3 is 18.1 Å². The van der Waals surface area contributed by atoms with Crippen LogP contribution in [0.3, 0.4) is 0 Å². The Kier molecular flexibility index (Phi) is 12.2. The maximum Gasteiger partial charge on any atom is 0.471 e. The van der Waals surface area contributed by atoms with Crippen molar-refractivity contribution >= 4 is 33.6 Å². The van der Waals surface area contributed by atoms with Crippen molar-refractivity contribution in [3.63, 3.8) is 0 Å². The number of halogens is 4. The van der Waals surface area contributed by atoms with Crippen molar-refractivity contribution in [2.45, 2.75) is 116 Å². The number of hydrogen-bond donors (Lipinski definition) is 1. The van der Waals surface area contributed by atoms with E-state index >= 15 is 0 Å². The molecule has 0 spiro atoms. The number of unbranched alkanes of at least 4 members (excludes halogenated alkanes) is 5. The molecule has 0 aliphatic heterocycles. The molecule has 6 nitrogen and oxygen atoms in total. The number of esters is 1. The first kappa shape index (κ1) is 35.1. The maximum atomic E-state index is 14.0. The SMILES string of the molecule is C=C(COC(=O)CBr)C12CCC(C)(CCCCCCCCNC(=O)C(F)(F)F)C(=O)CC3(CCC(OC)C31)CCC2C. The minimum absolute atomic E-state index is 0.0262. The molecule has 3 saturated carbocycles. The van der Waals surface area contributed by atoms with Crippen molar-refractivity contribution < 1.29 is 37.0 Å². The van der Waals surface area contributed by atoms with E-state index < -0.39 is 17.5 Å². The molecule has 42 heavy (non-hydrogen) atoms. The molecule has 3 aliphatic rings. The Hall–Kier alpha value is -1.42. The molecule has 0 saturated heterocycles. The zero-order valence-corrected chi connectivity index (χ0v) is 27.1. The van der Waals surface area contributed by atoms with Gasteiger partial charge in [0, 0.05) is 36.8 Å². The van der Waals surface area contributed by atoms with E-state index in [2.05, 4.69) is 36.4 Å². The normalized spacial score (nSPS) is 32.9. The number of alkyl halides is 4. The van der Waals surface area contributed by atoms with Crippen LogP contribution in [0, 0.1) is 28.1 Å². The van der Waals surface area contributed by atoms with Gasteiger partial charge in [0.1, 0.15) is 17.7 Å². The van der Waals surface area contributed by atoms with E-state index in [4.69, 9.17) is 9.47 Å². The van der Waals surface area contributed by atoms with Crippen molar-refractivity contribution in [3.05, 3.63) is 12.2 Å². The Morgan fingerprint density at radius 1 is 1.05 bits per heavy atom. The summed E-state index contributed by atoms with van der Waals surface area (Å²) in [6.45, 7) is 9.17. The summed E-state index contributed by atoms with van der Waals surface area (Å²) < 4.78 is 48.5. The van der Waals surface area contributed by atoms with Crippen LogP contribution in [-0.4, -0.2) is 55.5 Å². The zero-order chi connectivity index (χ0) is 31.2. The summed E-state index contributed by atoms with van der Waals surface area (Å²) in [6.07, 6.45) is 7.00. The third-order valence-electron chi connectivity index (χ3n) is 10.9. The molecule has 0 radical (unpaired) electrons. The molecule has 6 atom stereocenters. The molecule has 240 valence electrons. The van der Waals surface area contributed by atoms with Crippen molar-refractivity contribution in [1.82, 2.24) is 5.32 Å². The molecule has 6 unspecified atom stereocenters. The lowest BCUT2D eigenvalue weighted by molar-refractivity contribution is -0.173. The van der Waals surface area contributed by atoms with Crippen molar-refractivity contribution in [3.8, 4) is 0 Å². The lowest BCUT2D eigenvalue weighted by Gasteiger charge is -2.60. The van der Waals surface area contributed by atoms with Gasteiger partial charge in [-0.15, -0.1) is 0 Å². The minimum atomic E-state index is -4.84. The van der Waals surface area contributed by atoms with Crippen LogP contribution in [0.4, 0.5) is 13.2 Å². The van der Waals surface area contributed by atoms with Crippen LogP contribution in [-0.2, 0) is 23.9 Å². The van der Waals surface area contributed by atoms with E-state index in [0.717, 1.165) is 82.6 Å². The number of carbonyl (C=O) groups is 3. The molecular weight excluding hydrogens is 615 g/mol. The lowest BCUT2D eigenvalue weighted by atomic mass is 9.44. The van der Waals surface area contributed by atoms with Crippen LogP contribution >= 0.6 is 15.9 Å². The number of nitrogens with one attached hydrogen (secondary N) is 1. The van der Waals surface area contributed by atoms with E-state index in [1.807, 2.05) is 5.32 Å². The maximum absolute atomic E-state index is 14.0. The fraction of sp³-hybridized carbons (Fsp3) is 0.844. The number of hydrogen-bond acceptors (Lipinski definition) is 5. The number of ether oxygens (including phenoxy) is 2. The Labute approximate surface area is 257 Å². The van der Waals surface area contributed by atoms with Crippen LogP contribution in [0.25, 0.3) is 0 Å². The van der Waals surface area contributed by atoms with Gasteiger partial charge < -0.3 is 14.8 Å². The molecule has 3 fully saturated rings. The van der Waals surface area contributed by atoms with Gasteiger partial charge in [0.05, 0.1) is 6.10 Å². The average molecular weight is 665 g/mol. The van der Waals surface area contributed by atoms with Crippen LogP contribution in [0.15, 0.2) is 12.2 Å². The quantitative estimate of drug-likeness (QED) is 0.0902. The van der Waals surface area contributed by atoms with Gasteiger partial charge in [-0.2, -0.15) is 13.2 Å². The van der Waals surface area contributed by atoms with Crippen LogP contribution < -0.4 is 5.32 Å². The van der Waals surface area contributed by atoms with Crippen molar-refractivity contribution in [2.75, 3.05) is 25.6 Å². The van der Waals surface area contributed by atoms with Gasteiger partial charge in [-0.1, -0.05) is 68.5 Å². The number of Topliss-reactive ketones (excluding diaryl/α,β-unsaturated/α-hetero) is 1. The van der Waals surface area contributed by atoms with Crippen LogP contribution in [0.5, 0.6) is 0 Å². The van der Waals surface area contributed by atoms with E-state index in [-0.39, 0.29) is 47.3 Å². The van der Waals surface area contributed by atoms with Crippen LogP contribution in [0.2, 0.25) is 0 Å². The highest BCUT2D eigenvalue weighted by Gasteiger charge is 2.65. The second kappa shape index (κ2) is 14.6. The largest absolute Gasteiger partial charge is 0.471 e. The third kappa shape index (κ3) is 7.62. The number of amides is 1. The predicted octanol–water partition coefficient (Wildman–Crippen LogP) is 7.48. The molecule has 2 bridgehead atoms. The van der Waals surface area contributed by atoms with Gasteiger partial charge in [-0.25, -0.2) is 0 Å². The Balaban J connectivity index is 1.65. The smallest absolute Gasteiger partial charge is 0.461 e. The van der Waals surface area contributed by atoms with Crippen molar-refractivity contribution in [2.24, 2.45) is 28.1 Å². The summed E-state index contributed by atoms with van der Waals surface area (Å²) >= 11 is 3.18. The van der Waals surface area contributed by atoms with Crippen LogP contribution in [0.1, 0.15) is 104 Å². The molecule has 1 amide bonds. The number of methoxy groups -OCH3 is 1. The topological polar surface area (TPSA) is 81.7 Å². The first-order chi connectivity index (χ1) is 19.8. The molecule has 0 aromatic heterocycles. The van der Waals surface area contributed by atoms with E-state index in [9.17, 15) is 27.6 Å². The zero-order valence-electron chi connectivity index (χ0n) is 25.5. The van der Waals surface area contributed by atoms with Gasteiger partial charge in [-0.05, 0) is 68.3 Å². The Morgan fingerprint density at radius 3 is 2.33 bits per heavy atom. The number of carbonyl (C=O) groups excluding carboxylic acids is 3. The average Bonchev–Trinajstić information content (AvgIpc) is 3.31. The summed E-state index contributed by atoms with van der Waals surface area (Å²) in [7, 11) is 1.77. The molecule has 1 N–H and O–H groups in total. The molecule has 10 heteroatoms. The monoisotopic (exact) mass is 663 g/mol. The third-order valence-corrected chi connectivity index (χ3v) is 11.4. The van der Waals surface area contributed by atoms with Gasteiger partial charge in [0.15, 0.2) is 0 Å². The highest BCUT2D eigenvalue weighted by molar-refractivity contribution is 9.09. The second-order valence-electron chi connectivity index (χ2n) is 13.3. The minimum Gasteiger partial charge on any atom is -0.461 e. The summed E-state index contributed by atoms with van der Waals surface area (Å²) in [5.41, 5.74) is 0.104. The Morgan fingerprint density at radius 2 is 1.69 bits per heavy atom. The van der Waals surface area contributed by atoms with E-state index in [1.165, 1.54) is 0 Å². The summed E-state index contributed by atoms with van der Waals surface area (Å²) in [6, 6.07) is 0. The van der Waals surface area contributed by atoms with E-state index in [1.54, 1.807) is 7.11 Å². The number of rotatable bonds is 14. The summed E-state index contributed by atoms with van der Waals surface area (Å²) in [5, 5.41) is 2.05. The van der Waals surface area contributed by atoms with Gasteiger partial charge in [-0.3, -0.25) is 14.4 Å². The number of ketones is 1. The molecule has 0 aromatic rings. The second-order valence-corrected chi connectivity index (χ2v) is 13.9. The highest BCUT2D eigenvalue weighted by atomic mass is 79.9. The summed E-state index contributed by atoms with van der Waals surface area (Å²) in [4.78, 5) is 37.0. The standard InChI is InChI=1S/C32H49BrF3NO5/c1-22-11-14-30-15-12-24(41-4)27(30)31(22,23(2)21-42-26(39)20-33)17-16-29(3,25(38)19-30)13-9-7-5-6-8-10-18-37-28(40)32(34,35)36/h22,24,27H,2,5-21H2,1,3-4H3,(H,37,40). The fourth-order valence-corrected chi connectivity index (χ4v) is 8.63. The Bertz CT molecular complexity index is 990. The van der Waals surface area contributed by atoms with Gasteiger partial charge in [0.25, 0.3) is 0 Å². The lowest BCUT2D eigenvalue weighted by Crippen LogP contribution is -2.56. The molecule has 3 aliphatic carbocycles. The van der Waals surface area contributed by atoms with Gasteiger partial charge in [0.2, 0.25) is 0 Å². The highest BCUT2D eigenvalue weighted by Crippen LogP contribution is 2.69. The summed E-state index contributed by atoms with van der Waals surface area (Å²) in [5.74, 6) is -1.34. The molecular formula is C32H49BrF3NO5. The predicted molar refractivity (Wildman–Crippen MR) is 159 cm³/mol. The first-order valence-corrected chi connectivity index (χ1v) is 16.7.